The lowest BCUT2D eigenvalue weighted by Crippen LogP contribution is -2.18. The van der Waals surface area contributed by atoms with Crippen LogP contribution in [0.3, 0.4) is 0 Å². The Bertz CT molecular complexity index is 1420. The Labute approximate surface area is 209 Å². The molecule has 0 radical (unpaired) electrons. The molecule has 4 rings (SSSR count). The molecule has 2 N–H and O–H groups in total. The van der Waals surface area contributed by atoms with E-state index in [4.69, 9.17) is 19.6 Å². The van der Waals surface area contributed by atoms with E-state index >= 15 is 0 Å². The lowest BCUT2D eigenvalue weighted by Gasteiger charge is -2.11. The molecule has 0 bridgehead atoms. The summed E-state index contributed by atoms with van der Waals surface area (Å²) in [6.07, 6.45) is 1.45. The van der Waals surface area contributed by atoms with Crippen molar-refractivity contribution in [3.63, 3.8) is 0 Å². The number of benzene rings is 3. The number of carboxylic acids is 1. The summed E-state index contributed by atoms with van der Waals surface area (Å²) >= 11 is 3.40. The van der Waals surface area contributed by atoms with E-state index in [1.54, 1.807) is 18.2 Å². The Hall–Kier alpha value is -4.24. The maximum atomic E-state index is 13.1. The number of rotatable bonds is 8. The number of hydrazone groups is 1. The molecule has 0 aliphatic heterocycles. The van der Waals surface area contributed by atoms with Crippen LogP contribution < -0.4 is 14.9 Å². The molecule has 1 amide bonds. The quantitative estimate of drug-likeness (QED) is 0.246. The third-order valence-electron chi connectivity index (χ3n) is 5.03. The van der Waals surface area contributed by atoms with E-state index in [9.17, 15) is 9.59 Å². The molecule has 9 heteroatoms. The summed E-state index contributed by atoms with van der Waals surface area (Å²) < 4.78 is 11.1. The molecule has 4 aromatic rings. The standard InChI is InChI=1S/C26H20BrN3O5/c1-34-23-11-17(20(27)13-24(23)35-15-25(31)32)14-28-30-26(33)19-12-22(16-7-3-2-4-8-16)29-21-10-6-5-9-18(19)21/h2-14H,15H2,1H3,(H,30,33)(H,31,32)/b28-14+. The fraction of sp³-hybridized carbons (Fsp3) is 0.0769. The summed E-state index contributed by atoms with van der Waals surface area (Å²) in [5.74, 6) is -0.897. The maximum absolute atomic E-state index is 13.1. The van der Waals surface area contributed by atoms with Gasteiger partial charge in [-0.1, -0.05) is 48.5 Å². The second-order valence-electron chi connectivity index (χ2n) is 7.34. The van der Waals surface area contributed by atoms with Crippen molar-refractivity contribution in [1.29, 1.82) is 0 Å². The lowest BCUT2D eigenvalue weighted by atomic mass is 10.0. The highest BCUT2D eigenvalue weighted by atomic mass is 79.9. The van der Waals surface area contributed by atoms with Gasteiger partial charge in [-0.15, -0.1) is 0 Å². The largest absolute Gasteiger partial charge is 0.493 e. The molecule has 0 unspecified atom stereocenters. The number of fused-ring (bicyclic) bond motifs is 1. The first-order chi connectivity index (χ1) is 17.0. The Balaban J connectivity index is 1.59. The number of nitrogens with one attached hydrogen (secondary N) is 1. The van der Waals surface area contributed by atoms with Crippen molar-refractivity contribution in [2.75, 3.05) is 13.7 Å². The molecule has 35 heavy (non-hydrogen) atoms. The van der Waals surface area contributed by atoms with Gasteiger partial charge in [-0.05, 0) is 40.2 Å². The van der Waals surface area contributed by atoms with Crippen LogP contribution >= 0.6 is 15.9 Å². The first-order valence-corrected chi connectivity index (χ1v) is 11.3. The van der Waals surface area contributed by atoms with Crippen molar-refractivity contribution in [1.82, 2.24) is 10.4 Å². The normalized spacial score (nSPS) is 10.9. The number of carbonyl (C=O) groups excluding carboxylic acids is 1. The zero-order chi connectivity index (χ0) is 24.8. The summed E-state index contributed by atoms with van der Waals surface area (Å²) in [7, 11) is 1.44. The SMILES string of the molecule is COc1cc(/C=N/NC(=O)c2cc(-c3ccccc3)nc3ccccc23)c(Br)cc1OCC(=O)O. The van der Waals surface area contributed by atoms with Crippen LogP contribution in [0.2, 0.25) is 0 Å². The minimum atomic E-state index is -1.10. The fourth-order valence-electron chi connectivity index (χ4n) is 3.40. The van der Waals surface area contributed by atoms with E-state index in [0.717, 1.165) is 5.56 Å². The van der Waals surface area contributed by atoms with E-state index in [0.29, 0.717) is 37.9 Å². The molecule has 0 saturated carbocycles. The minimum absolute atomic E-state index is 0.264. The number of para-hydroxylation sites is 1. The van der Waals surface area contributed by atoms with Gasteiger partial charge in [0.2, 0.25) is 0 Å². The molecule has 1 aromatic heterocycles. The Morgan fingerprint density at radius 2 is 1.80 bits per heavy atom. The molecular formula is C26H20BrN3O5. The fourth-order valence-corrected chi connectivity index (χ4v) is 3.83. The molecule has 0 aliphatic carbocycles. The number of ether oxygens (including phenoxy) is 2. The smallest absolute Gasteiger partial charge is 0.341 e. The number of aromatic nitrogens is 1. The Kier molecular flexibility index (Phi) is 7.37. The van der Waals surface area contributed by atoms with Crippen molar-refractivity contribution in [3.05, 3.63) is 88.4 Å². The van der Waals surface area contributed by atoms with Crippen molar-refractivity contribution in [3.8, 4) is 22.8 Å². The van der Waals surface area contributed by atoms with Gasteiger partial charge in [0.05, 0.1) is 30.1 Å². The number of methoxy groups -OCH3 is 1. The first kappa shape index (κ1) is 23.9. The van der Waals surface area contributed by atoms with Gasteiger partial charge in [-0.25, -0.2) is 15.2 Å². The molecule has 176 valence electrons. The highest BCUT2D eigenvalue weighted by molar-refractivity contribution is 9.10. The number of halogens is 1. The van der Waals surface area contributed by atoms with Gasteiger partial charge in [-0.2, -0.15) is 5.10 Å². The van der Waals surface area contributed by atoms with Gasteiger partial charge in [0.15, 0.2) is 18.1 Å². The molecular weight excluding hydrogens is 514 g/mol. The lowest BCUT2D eigenvalue weighted by molar-refractivity contribution is -0.139. The van der Waals surface area contributed by atoms with Crippen LogP contribution in [0.4, 0.5) is 0 Å². The predicted molar refractivity (Wildman–Crippen MR) is 136 cm³/mol. The van der Waals surface area contributed by atoms with Crippen LogP contribution in [-0.4, -0.2) is 41.9 Å². The summed E-state index contributed by atoms with van der Waals surface area (Å²) in [5.41, 5.74) is 5.89. The van der Waals surface area contributed by atoms with Gasteiger partial charge in [0.25, 0.3) is 5.91 Å². The van der Waals surface area contributed by atoms with Gasteiger partial charge in [0.1, 0.15) is 0 Å². The molecule has 0 saturated heterocycles. The van der Waals surface area contributed by atoms with Gasteiger partial charge in [-0.3, -0.25) is 4.79 Å². The number of pyridine rings is 1. The van der Waals surface area contributed by atoms with Crippen LogP contribution in [0.1, 0.15) is 15.9 Å². The second kappa shape index (κ2) is 10.8. The zero-order valence-electron chi connectivity index (χ0n) is 18.6. The first-order valence-electron chi connectivity index (χ1n) is 10.5. The topological polar surface area (TPSA) is 110 Å². The molecule has 8 nitrogen and oxygen atoms in total. The number of hydrogen-bond acceptors (Lipinski definition) is 6. The van der Waals surface area contributed by atoms with E-state index in [2.05, 4.69) is 26.5 Å². The van der Waals surface area contributed by atoms with Crippen molar-refractivity contribution in [2.24, 2.45) is 5.10 Å². The number of carbonyl (C=O) groups is 2. The number of nitrogens with zero attached hydrogens (tertiary/aromatic N) is 2. The van der Waals surface area contributed by atoms with E-state index in [1.807, 2.05) is 54.6 Å². The molecule has 0 fully saturated rings. The van der Waals surface area contributed by atoms with Crippen LogP contribution in [0.5, 0.6) is 11.5 Å². The zero-order valence-corrected chi connectivity index (χ0v) is 20.2. The van der Waals surface area contributed by atoms with Crippen molar-refractivity contribution in [2.45, 2.75) is 0 Å². The highest BCUT2D eigenvalue weighted by Crippen LogP contribution is 2.33. The predicted octanol–water partition coefficient (Wildman–Crippen LogP) is 4.90. The van der Waals surface area contributed by atoms with Crippen molar-refractivity contribution >= 4 is 44.9 Å². The Morgan fingerprint density at radius 3 is 2.54 bits per heavy atom. The average Bonchev–Trinajstić information content (AvgIpc) is 2.88. The van der Waals surface area contributed by atoms with E-state index < -0.39 is 12.6 Å². The monoisotopic (exact) mass is 533 g/mol. The summed E-state index contributed by atoms with van der Waals surface area (Å²) in [5, 5.41) is 13.6. The molecule has 0 atom stereocenters. The van der Waals surface area contributed by atoms with Crippen LogP contribution in [0.25, 0.3) is 22.2 Å². The van der Waals surface area contributed by atoms with Gasteiger partial charge < -0.3 is 14.6 Å². The molecule has 3 aromatic carbocycles. The summed E-state index contributed by atoms with van der Waals surface area (Å²) in [6.45, 7) is -0.503. The molecule has 1 heterocycles. The molecule has 0 spiro atoms. The average molecular weight is 534 g/mol. The highest BCUT2D eigenvalue weighted by Gasteiger charge is 2.14. The number of aliphatic carboxylic acids is 1. The third-order valence-corrected chi connectivity index (χ3v) is 5.72. The van der Waals surface area contributed by atoms with E-state index in [1.165, 1.54) is 13.3 Å². The van der Waals surface area contributed by atoms with Crippen LogP contribution in [-0.2, 0) is 4.79 Å². The number of hydrogen-bond donors (Lipinski definition) is 2. The van der Waals surface area contributed by atoms with Crippen LogP contribution in [0.15, 0.2) is 82.4 Å². The molecule has 0 aliphatic rings. The van der Waals surface area contributed by atoms with Crippen LogP contribution in [0, 0.1) is 0 Å². The summed E-state index contributed by atoms with van der Waals surface area (Å²) in [6, 6.07) is 22.0. The van der Waals surface area contributed by atoms with Crippen molar-refractivity contribution < 1.29 is 24.2 Å². The summed E-state index contributed by atoms with van der Waals surface area (Å²) in [4.78, 5) is 28.6. The Morgan fingerprint density at radius 1 is 1.06 bits per heavy atom. The minimum Gasteiger partial charge on any atom is -0.493 e. The number of carboxylic acid groups (broad SMARTS) is 1. The van der Waals surface area contributed by atoms with Gasteiger partial charge >= 0.3 is 5.97 Å². The van der Waals surface area contributed by atoms with E-state index in [-0.39, 0.29) is 11.7 Å². The second-order valence-corrected chi connectivity index (χ2v) is 8.20. The van der Waals surface area contributed by atoms with Gasteiger partial charge in [0, 0.05) is 21.0 Å². The maximum Gasteiger partial charge on any atom is 0.341 e. The third kappa shape index (κ3) is 5.64. The number of amides is 1.